The second-order valence-electron chi connectivity index (χ2n) is 9.36. The predicted octanol–water partition coefficient (Wildman–Crippen LogP) is 0.889. The first kappa shape index (κ1) is 31.2. The molecule has 4 N–H and O–H groups in total. The number of hydrogen-bond donors (Lipinski definition) is 4. The van der Waals surface area contributed by atoms with Gasteiger partial charge in [-0.1, -0.05) is 30.3 Å². The normalized spacial score (nSPS) is 18.2. The molecule has 16 heteroatoms. The number of methoxy groups -OCH3 is 1. The Hall–Kier alpha value is -3.29. The molecule has 218 valence electrons. The fourth-order valence-corrected chi connectivity index (χ4v) is 5.27. The summed E-state index contributed by atoms with van der Waals surface area (Å²) in [5.41, 5.74) is 0.592. The highest BCUT2D eigenvalue weighted by Crippen LogP contribution is 2.35. The van der Waals surface area contributed by atoms with E-state index in [4.69, 9.17) is 9.84 Å². The summed E-state index contributed by atoms with van der Waals surface area (Å²) in [6.07, 6.45) is -1.26. The molecule has 1 aromatic heterocycles. The SMILES string of the molecule is CO[C@H]1CCN(c2cc(C(=O)NC(CP(=O)(O)O)C(=O)N3CCN(C(=O)O)CC3)nc(-c3ccccc3)n2)C1.Cl. The summed E-state index contributed by atoms with van der Waals surface area (Å²) in [6.45, 7) is 1.36. The monoisotopic (exact) mass is 598 g/mol. The minimum Gasteiger partial charge on any atom is -0.465 e. The van der Waals surface area contributed by atoms with Gasteiger partial charge in [0.1, 0.15) is 17.6 Å². The number of aromatic nitrogens is 2. The molecular weight excluding hydrogens is 567 g/mol. The van der Waals surface area contributed by atoms with E-state index in [1.54, 1.807) is 31.4 Å². The number of halogens is 1. The lowest BCUT2D eigenvalue weighted by molar-refractivity contribution is -0.134. The number of nitrogens with one attached hydrogen (secondary N) is 1. The van der Waals surface area contributed by atoms with Crippen molar-refractivity contribution in [3.05, 3.63) is 42.1 Å². The van der Waals surface area contributed by atoms with Gasteiger partial charge in [0.15, 0.2) is 5.82 Å². The van der Waals surface area contributed by atoms with E-state index >= 15 is 0 Å². The van der Waals surface area contributed by atoms with E-state index in [0.29, 0.717) is 24.5 Å². The van der Waals surface area contributed by atoms with Crippen molar-refractivity contribution in [2.24, 2.45) is 0 Å². The van der Waals surface area contributed by atoms with Crippen molar-refractivity contribution in [2.75, 3.05) is 57.4 Å². The van der Waals surface area contributed by atoms with Crippen molar-refractivity contribution in [1.82, 2.24) is 25.1 Å². The van der Waals surface area contributed by atoms with Crippen molar-refractivity contribution in [2.45, 2.75) is 18.6 Å². The Labute approximate surface area is 236 Å². The molecule has 1 aromatic carbocycles. The van der Waals surface area contributed by atoms with E-state index in [0.717, 1.165) is 11.3 Å². The lowest BCUT2D eigenvalue weighted by atomic mass is 10.2. The van der Waals surface area contributed by atoms with Crippen LogP contribution in [0, 0.1) is 0 Å². The van der Waals surface area contributed by atoms with Crippen LogP contribution in [-0.2, 0) is 14.1 Å². The molecule has 2 fully saturated rings. The van der Waals surface area contributed by atoms with Gasteiger partial charge in [-0.15, -0.1) is 12.4 Å². The van der Waals surface area contributed by atoms with Crippen molar-refractivity contribution in [1.29, 1.82) is 0 Å². The number of nitrogens with zero attached hydrogens (tertiary/aromatic N) is 5. The largest absolute Gasteiger partial charge is 0.465 e. The van der Waals surface area contributed by atoms with E-state index in [9.17, 15) is 28.7 Å². The Kier molecular flexibility index (Phi) is 10.4. The molecule has 2 atom stereocenters. The van der Waals surface area contributed by atoms with Crippen LogP contribution in [0.4, 0.5) is 10.6 Å². The smallest absolute Gasteiger partial charge is 0.407 e. The summed E-state index contributed by atoms with van der Waals surface area (Å²) >= 11 is 0. The summed E-state index contributed by atoms with van der Waals surface area (Å²) in [6, 6.07) is 8.96. The minimum absolute atomic E-state index is 0. The summed E-state index contributed by atoms with van der Waals surface area (Å²) in [4.78, 5) is 70.4. The third-order valence-corrected chi connectivity index (χ3v) is 7.51. The van der Waals surface area contributed by atoms with Gasteiger partial charge in [0.25, 0.3) is 5.91 Å². The molecule has 0 spiro atoms. The Morgan fingerprint density at radius 1 is 1.07 bits per heavy atom. The highest BCUT2D eigenvalue weighted by molar-refractivity contribution is 7.51. The minimum atomic E-state index is -4.72. The molecule has 2 aliphatic rings. The van der Waals surface area contributed by atoms with Crippen LogP contribution in [0.15, 0.2) is 36.4 Å². The third kappa shape index (κ3) is 7.89. The van der Waals surface area contributed by atoms with E-state index in [1.165, 1.54) is 11.0 Å². The van der Waals surface area contributed by atoms with Gasteiger partial charge in [0.05, 0.1) is 12.3 Å². The molecule has 14 nitrogen and oxygen atoms in total. The third-order valence-electron chi connectivity index (χ3n) is 6.67. The molecule has 0 saturated carbocycles. The molecule has 2 saturated heterocycles. The maximum atomic E-state index is 13.4. The van der Waals surface area contributed by atoms with Gasteiger partial charge in [-0.3, -0.25) is 14.2 Å². The molecule has 0 aliphatic carbocycles. The molecule has 2 aromatic rings. The van der Waals surface area contributed by atoms with Crippen LogP contribution in [0.25, 0.3) is 11.4 Å². The number of carbonyl (C=O) groups excluding carboxylic acids is 2. The maximum absolute atomic E-state index is 13.4. The molecule has 3 amide bonds. The van der Waals surface area contributed by atoms with Crippen LogP contribution in [0.5, 0.6) is 0 Å². The highest BCUT2D eigenvalue weighted by Gasteiger charge is 2.35. The number of benzene rings is 1. The van der Waals surface area contributed by atoms with Gasteiger partial charge in [0, 0.05) is 58.0 Å². The number of hydrogen-bond acceptors (Lipinski definition) is 8. The van der Waals surface area contributed by atoms with E-state index < -0.39 is 37.7 Å². The van der Waals surface area contributed by atoms with Gasteiger partial charge < -0.3 is 39.6 Å². The molecule has 0 bridgehead atoms. The van der Waals surface area contributed by atoms with Gasteiger partial charge >= 0.3 is 13.7 Å². The second-order valence-corrected chi connectivity index (χ2v) is 11.1. The van der Waals surface area contributed by atoms with Crippen LogP contribution in [0.1, 0.15) is 16.9 Å². The number of carboxylic acid groups (broad SMARTS) is 1. The molecular formula is C24H32ClN6O8P. The molecule has 40 heavy (non-hydrogen) atoms. The number of piperazine rings is 1. The number of anilines is 1. The molecule has 4 rings (SSSR count). The number of amides is 3. The van der Waals surface area contributed by atoms with Crippen LogP contribution >= 0.6 is 20.0 Å². The standard InChI is InChI=1S/C24H31N6O8P.ClH/c1-38-17-7-8-30(14-17)20-13-18(25-21(27-20)16-5-3-2-4-6-16)22(31)26-19(15-39(35,36)37)23(32)28-9-11-29(12-10-28)24(33)34;/h2-6,13,17,19H,7-12,14-15H2,1H3,(H,26,31)(H,33,34)(H2,35,36,37);1H/t17-,19?;/m0./s1. The fourth-order valence-electron chi connectivity index (χ4n) is 4.55. The highest BCUT2D eigenvalue weighted by atomic mass is 35.5. The number of ether oxygens (including phenoxy) is 1. The Morgan fingerprint density at radius 2 is 1.73 bits per heavy atom. The maximum Gasteiger partial charge on any atom is 0.407 e. The van der Waals surface area contributed by atoms with E-state index in [-0.39, 0.29) is 56.2 Å². The topological polar surface area (TPSA) is 186 Å². The first-order valence-corrected chi connectivity index (χ1v) is 14.2. The fraction of sp³-hybridized carbons (Fsp3) is 0.458. The van der Waals surface area contributed by atoms with Crippen LogP contribution in [-0.4, -0.2) is 117 Å². The molecule has 0 radical (unpaired) electrons. The summed E-state index contributed by atoms with van der Waals surface area (Å²) < 4.78 is 17.3. The van der Waals surface area contributed by atoms with Gasteiger partial charge in [-0.25, -0.2) is 14.8 Å². The van der Waals surface area contributed by atoms with Gasteiger partial charge in [0.2, 0.25) is 5.91 Å². The molecule has 2 aliphatic heterocycles. The number of carbonyl (C=O) groups is 3. The Morgan fingerprint density at radius 3 is 2.30 bits per heavy atom. The quantitative estimate of drug-likeness (QED) is 0.316. The van der Waals surface area contributed by atoms with Gasteiger partial charge in [-0.05, 0) is 6.42 Å². The summed E-state index contributed by atoms with van der Waals surface area (Å²) in [5.74, 6) is -0.746. The zero-order chi connectivity index (χ0) is 28.2. The second kappa shape index (κ2) is 13.4. The zero-order valence-electron chi connectivity index (χ0n) is 21.8. The average Bonchev–Trinajstić information content (AvgIpc) is 3.41. The first-order valence-electron chi connectivity index (χ1n) is 12.4. The van der Waals surface area contributed by atoms with Gasteiger partial charge in [-0.2, -0.15) is 0 Å². The van der Waals surface area contributed by atoms with Crippen LogP contribution in [0.3, 0.4) is 0 Å². The van der Waals surface area contributed by atoms with Crippen molar-refractivity contribution >= 4 is 43.7 Å². The Bertz CT molecular complexity index is 1260. The van der Waals surface area contributed by atoms with Crippen molar-refractivity contribution in [3.63, 3.8) is 0 Å². The van der Waals surface area contributed by atoms with E-state index in [2.05, 4.69) is 15.3 Å². The Balaban J connectivity index is 0.00000441. The lowest BCUT2D eigenvalue weighted by Crippen LogP contribution is -2.56. The van der Waals surface area contributed by atoms with Crippen LogP contribution < -0.4 is 10.2 Å². The summed E-state index contributed by atoms with van der Waals surface area (Å²) in [5, 5.41) is 11.6. The van der Waals surface area contributed by atoms with Crippen LogP contribution in [0.2, 0.25) is 0 Å². The summed E-state index contributed by atoms with van der Waals surface area (Å²) in [7, 11) is -3.09. The molecule has 1 unspecified atom stereocenters. The van der Waals surface area contributed by atoms with Crippen molar-refractivity contribution < 1.29 is 38.6 Å². The number of rotatable bonds is 8. The zero-order valence-corrected chi connectivity index (χ0v) is 23.5. The molecule has 3 heterocycles. The first-order chi connectivity index (χ1) is 18.5. The van der Waals surface area contributed by atoms with E-state index in [1.807, 2.05) is 11.0 Å². The predicted molar refractivity (Wildman–Crippen MR) is 147 cm³/mol. The lowest BCUT2D eigenvalue weighted by Gasteiger charge is -2.35. The average molecular weight is 599 g/mol. The van der Waals surface area contributed by atoms with Crippen molar-refractivity contribution in [3.8, 4) is 11.4 Å².